The zero-order valence-corrected chi connectivity index (χ0v) is 15.3. The van der Waals surface area contributed by atoms with Gasteiger partial charge in [0.25, 0.3) is 5.91 Å². The van der Waals surface area contributed by atoms with Gasteiger partial charge in [0.05, 0.1) is 10.9 Å². The van der Waals surface area contributed by atoms with Gasteiger partial charge in [-0.1, -0.05) is 41.9 Å². The molecule has 0 bridgehead atoms. The lowest BCUT2D eigenvalue weighted by atomic mass is 10.1. The van der Waals surface area contributed by atoms with E-state index in [-0.39, 0.29) is 5.69 Å². The number of hydrogen-bond acceptors (Lipinski definition) is 3. The van der Waals surface area contributed by atoms with Gasteiger partial charge in [0, 0.05) is 17.3 Å². The summed E-state index contributed by atoms with van der Waals surface area (Å²) < 4.78 is 1.63. The third-order valence-electron chi connectivity index (χ3n) is 4.44. The van der Waals surface area contributed by atoms with Gasteiger partial charge in [-0.15, -0.1) is 0 Å². The summed E-state index contributed by atoms with van der Waals surface area (Å²) in [7, 11) is 0. The van der Waals surface area contributed by atoms with Gasteiger partial charge < -0.3 is 5.32 Å². The summed E-state index contributed by atoms with van der Waals surface area (Å²) in [6.07, 6.45) is 0. The van der Waals surface area contributed by atoms with Crippen molar-refractivity contribution in [2.75, 3.05) is 5.32 Å². The van der Waals surface area contributed by atoms with Crippen LogP contribution in [0.4, 0.5) is 5.69 Å². The fraction of sp³-hybridized carbons (Fsp3) is 0.0952. The van der Waals surface area contributed by atoms with Gasteiger partial charge >= 0.3 is 0 Å². The van der Waals surface area contributed by atoms with Crippen LogP contribution in [-0.4, -0.2) is 15.7 Å². The molecule has 27 heavy (non-hydrogen) atoms. The minimum absolute atomic E-state index is 0.153. The SMILES string of the molecule is CCn1nc(C(=O)Nc2ccc3ccccc3c2)c(=O)c2cc(Cl)ccc21. The first kappa shape index (κ1) is 17.2. The van der Waals surface area contributed by atoms with Gasteiger partial charge in [-0.3, -0.25) is 14.3 Å². The normalized spacial score (nSPS) is 11.0. The molecule has 0 radical (unpaired) electrons. The van der Waals surface area contributed by atoms with Gasteiger partial charge in [0.15, 0.2) is 5.69 Å². The molecule has 134 valence electrons. The Kier molecular flexibility index (Phi) is 4.38. The molecule has 1 heterocycles. The summed E-state index contributed by atoms with van der Waals surface area (Å²) in [6.45, 7) is 2.42. The first-order chi connectivity index (χ1) is 13.1. The van der Waals surface area contributed by atoms with Gasteiger partial charge in [-0.05, 0) is 48.0 Å². The van der Waals surface area contributed by atoms with Crippen LogP contribution in [0.2, 0.25) is 5.02 Å². The lowest BCUT2D eigenvalue weighted by Crippen LogP contribution is -2.27. The summed E-state index contributed by atoms with van der Waals surface area (Å²) in [6, 6.07) is 18.4. The number of amides is 1. The van der Waals surface area contributed by atoms with E-state index < -0.39 is 11.3 Å². The fourth-order valence-corrected chi connectivity index (χ4v) is 3.28. The number of aromatic nitrogens is 2. The number of halogens is 1. The summed E-state index contributed by atoms with van der Waals surface area (Å²) in [5, 5.41) is 9.92. The van der Waals surface area contributed by atoms with Crippen molar-refractivity contribution >= 4 is 44.9 Å². The van der Waals surface area contributed by atoms with Crippen molar-refractivity contribution in [2.45, 2.75) is 13.5 Å². The van der Waals surface area contributed by atoms with E-state index >= 15 is 0 Å². The highest BCUT2D eigenvalue weighted by Crippen LogP contribution is 2.20. The Morgan fingerprint density at radius 3 is 2.63 bits per heavy atom. The molecule has 6 heteroatoms. The molecule has 1 amide bonds. The number of hydrogen-bond donors (Lipinski definition) is 1. The van der Waals surface area contributed by atoms with Gasteiger partial charge in [0.2, 0.25) is 5.43 Å². The number of nitrogens with one attached hydrogen (secondary N) is 1. The Labute approximate surface area is 160 Å². The molecule has 0 fully saturated rings. The molecule has 3 aromatic carbocycles. The zero-order chi connectivity index (χ0) is 19.0. The number of nitrogens with zero attached hydrogens (tertiary/aromatic N) is 2. The zero-order valence-electron chi connectivity index (χ0n) is 14.6. The Morgan fingerprint density at radius 2 is 1.85 bits per heavy atom. The van der Waals surface area contributed by atoms with Crippen LogP contribution in [0.3, 0.4) is 0 Å². The van der Waals surface area contributed by atoms with E-state index in [9.17, 15) is 9.59 Å². The van der Waals surface area contributed by atoms with E-state index in [1.807, 2.05) is 43.3 Å². The quantitative estimate of drug-likeness (QED) is 0.572. The number of carbonyl (C=O) groups is 1. The topological polar surface area (TPSA) is 64.0 Å². The molecular formula is C21H16ClN3O2. The van der Waals surface area contributed by atoms with Crippen molar-refractivity contribution in [3.63, 3.8) is 0 Å². The maximum atomic E-state index is 12.8. The van der Waals surface area contributed by atoms with Crippen LogP contribution in [-0.2, 0) is 6.54 Å². The molecule has 1 aromatic heterocycles. The highest BCUT2D eigenvalue weighted by molar-refractivity contribution is 6.31. The van der Waals surface area contributed by atoms with Crippen LogP contribution in [0.25, 0.3) is 21.7 Å². The first-order valence-electron chi connectivity index (χ1n) is 8.57. The molecule has 5 nitrogen and oxygen atoms in total. The number of fused-ring (bicyclic) bond motifs is 2. The molecule has 0 aliphatic rings. The number of carbonyl (C=O) groups excluding carboxylic acids is 1. The number of rotatable bonds is 3. The molecule has 0 saturated carbocycles. The Balaban J connectivity index is 1.77. The monoisotopic (exact) mass is 377 g/mol. The standard InChI is InChI=1S/C21H16ClN3O2/c1-2-25-18-10-8-15(22)12-17(18)20(26)19(24-25)21(27)23-16-9-7-13-5-3-4-6-14(13)11-16/h3-12H,2H2,1H3,(H,23,27). The second-order valence-electron chi connectivity index (χ2n) is 6.17. The smallest absolute Gasteiger partial charge is 0.280 e. The molecule has 4 rings (SSSR count). The Hall–Kier alpha value is -3.18. The average molecular weight is 378 g/mol. The highest BCUT2D eigenvalue weighted by Gasteiger charge is 2.17. The second-order valence-corrected chi connectivity index (χ2v) is 6.61. The number of anilines is 1. The lowest BCUT2D eigenvalue weighted by molar-refractivity contribution is 0.101. The largest absolute Gasteiger partial charge is 0.320 e. The predicted molar refractivity (Wildman–Crippen MR) is 109 cm³/mol. The summed E-state index contributed by atoms with van der Waals surface area (Å²) in [5.41, 5.74) is 0.665. The molecule has 0 atom stereocenters. The number of benzene rings is 3. The first-order valence-corrected chi connectivity index (χ1v) is 8.95. The average Bonchev–Trinajstić information content (AvgIpc) is 2.68. The van der Waals surface area contributed by atoms with E-state index in [0.717, 1.165) is 10.8 Å². The van der Waals surface area contributed by atoms with Gasteiger partial charge in [0.1, 0.15) is 0 Å². The highest BCUT2D eigenvalue weighted by atomic mass is 35.5. The van der Waals surface area contributed by atoms with Crippen molar-refractivity contribution in [3.8, 4) is 0 Å². The van der Waals surface area contributed by atoms with E-state index in [0.29, 0.717) is 28.2 Å². The van der Waals surface area contributed by atoms with E-state index in [4.69, 9.17) is 11.6 Å². The van der Waals surface area contributed by atoms with Crippen LogP contribution in [0.1, 0.15) is 17.4 Å². The molecule has 0 aliphatic carbocycles. The van der Waals surface area contributed by atoms with Crippen molar-refractivity contribution in [1.82, 2.24) is 9.78 Å². The second kappa shape index (κ2) is 6.85. The Morgan fingerprint density at radius 1 is 1.07 bits per heavy atom. The van der Waals surface area contributed by atoms with Crippen LogP contribution in [0.15, 0.2) is 65.5 Å². The van der Waals surface area contributed by atoms with E-state index in [2.05, 4.69) is 10.4 Å². The van der Waals surface area contributed by atoms with E-state index in [1.54, 1.807) is 28.9 Å². The third kappa shape index (κ3) is 3.17. The van der Waals surface area contributed by atoms with Crippen LogP contribution >= 0.6 is 11.6 Å². The maximum absolute atomic E-state index is 12.8. The lowest BCUT2D eigenvalue weighted by Gasteiger charge is -2.11. The number of aryl methyl sites for hydroxylation is 1. The van der Waals surface area contributed by atoms with E-state index in [1.165, 1.54) is 0 Å². The minimum Gasteiger partial charge on any atom is -0.320 e. The van der Waals surface area contributed by atoms with Crippen LogP contribution in [0, 0.1) is 0 Å². The van der Waals surface area contributed by atoms with Crippen molar-refractivity contribution in [3.05, 3.63) is 81.6 Å². The van der Waals surface area contributed by atoms with Crippen LogP contribution in [0.5, 0.6) is 0 Å². The molecule has 4 aromatic rings. The molecule has 0 spiro atoms. The minimum atomic E-state index is -0.542. The van der Waals surface area contributed by atoms with Gasteiger partial charge in [-0.25, -0.2) is 0 Å². The van der Waals surface area contributed by atoms with Crippen molar-refractivity contribution in [2.24, 2.45) is 0 Å². The molecule has 1 N–H and O–H groups in total. The predicted octanol–water partition coefficient (Wildman–Crippen LogP) is 4.48. The van der Waals surface area contributed by atoms with Crippen molar-refractivity contribution in [1.29, 1.82) is 0 Å². The third-order valence-corrected chi connectivity index (χ3v) is 4.67. The summed E-state index contributed by atoms with van der Waals surface area (Å²) in [5.74, 6) is -0.542. The van der Waals surface area contributed by atoms with Crippen molar-refractivity contribution < 1.29 is 4.79 Å². The van der Waals surface area contributed by atoms with Gasteiger partial charge in [-0.2, -0.15) is 5.10 Å². The fourth-order valence-electron chi connectivity index (χ4n) is 3.11. The maximum Gasteiger partial charge on any atom is 0.280 e. The molecule has 0 saturated heterocycles. The Bertz CT molecular complexity index is 1250. The van der Waals surface area contributed by atoms with Crippen LogP contribution < -0.4 is 10.7 Å². The molecular weight excluding hydrogens is 362 g/mol. The molecule has 0 aliphatic heterocycles. The molecule has 0 unspecified atom stereocenters. The summed E-state index contributed by atoms with van der Waals surface area (Å²) >= 11 is 6.03. The summed E-state index contributed by atoms with van der Waals surface area (Å²) in [4.78, 5) is 25.5.